The maximum absolute atomic E-state index is 12.5. The highest BCUT2D eigenvalue weighted by atomic mass is 32.2. The third kappa shape index (κ3) is 5.83. The van der Waals surface area contributed by atoms with Crippen LogP contribution in [0.4, 0.5) is 5.69 Å². The second-order valence-corrected chi connectivity index (χ2v) is 10.2. The minimum atomic E-state index is -3.58. The Morgan fingerprint density at radius 2 is 1.57 bits per heavy atom. The Morgan fingerprint density at radius 3 is 2.04 bits per heavy atom. The Kier molecular flexibility index (Phi) is 6.55. The van der Waals surface area contributed by atoms with E-state index in [2.05, 4.69) is 38.2 Å². The fourth-order valence-electron chi connectivity index (χ4n) is 2.88. The molecule has 0 heterocycles. The summed E-state index contributed by atoms with van der Waals surface area (Å²) in [4.78, 5) is 12.5. The van der Waals surface area contributed by atoms with Gasteiger partial charge in [0.25, 0.3) is 0 Å². The van der Waals surface area contributed by atoms with Crippen molar-refractivity contribution in [1.82, 2.24) is 5.32 Å². The van der Waals surface area contributed by atoms with Crippen molar-refractivity contribution >= 4 is 21.6 Å². The highest BCUT2D eigenvalue weighted by molar-refractivity contribution is 7.92. The zero-order chi connectivity index (χ0) is 21.1. The van der Waals surface area contributed by atoms with E-state index in [0.29, 0.717) is 5.69 Å². The van der Waals surface area contributed by atoms with Crippen LogP contribution >= 0.6 is 0 Å². The van der Waals surface area contributed by atoms with E-state index in [-0.39, 0.29) is 23.9 Å². The fraction of sp³-hybridized carbons (Fsp3) is 0.409. The molecular formula is C22H30N2O3S. The van der Waals surface area contributed by atoms with Gasteiger partial charge in [0.1, 0.15) is 6.54 Å². The van der Waals surface area contributed by atoms with Crippen LogP contribution in [0.1, 0.15) is 50.4 Å². The molecular weight excluding hydrogens is 372 g/mol. The van der Waals surface area contributed by atoms with Crippen LogP contribution in [-0.2, 0) is 20.2 Å². The molecule has 1 amide bonds. The van der Waals surface area contributed by atoms with Crippen molar-refractivity contribution in [3.05, 3.63) is 65.2 Å². The second-order valence-electron chi connectivity index (χ2n) is 8.27. The van der Waals surface area contributed by atoms with Gasteiger partial charge in [-0.05, 0) is 42.5 Å². The normalized spacial score (nSPS) is 13.1. The molecule has 0 saturated carbocycles. The summed E-state index contributed by atoms with van der Waals surface area (Å²) >= 11 is 0. The number of carbonyl (C=O) groups excluding carboxylic acids is 1. The Balaban J connectivity index is 2.11. The molecule has 0 aromatic heterocycles. The highest BCUT2D eigenvalue weighted by Gasteiger charge is 2.22. The molecule has 1 N–H and O–H groups in total. The first-order chi connectivity index (χ1) is 12.9. The molecule has 0 aliphatic rings. The quantitative estimate of drug-likeness (QED) is 0.796. The first-order valence-corrected chi connectivity index (χ1v) is 11.2. The molecule has 0 aliphatic heterocycles. The average molecular weight is 403 g/mol. The monoisotopic (exact) mass is 402 g/mol. The average Bonchev–Trinajstić information content (AvgIpc) is 2.59. The minimum Gasteiger partial charge on any atom is -0.348 e. The van der Waals surface area contributed by atoms with Gasteiger partial charge in [-0.2, -0.15) is 0 Å². The van der Waals surface area contributed by atoms with E-state index in [1.165, 1.54) is 5.56 Å². The highest BCUT2D eigenvalue weighted by Crippen LogP contribution is 2.24. The number of anilines is 1. The van der Waals surface area contributed by atoms with E-state index in [9.17, 15) is 13.2 Å². The number of amides is 1. The lowest BCUT2D eigenvalue weighted by atomic mass is 9.86. The van der Waals surface area contributed by atoms with Crippen LogP contribution in [0.2, 0.25) is 0 Å². The predicted octanol–water partition coefficient (Wildman–Crippen LogP) is 3.94. The van der Waals surface area contributed by atoms with Gasteiger partial charge in [0.15, 0.2) is 0 Å². The number of rotatable bonds is 6. The lowest BCUT2D eigenvalue weighted by molar-refractivity contribution is -0.120. The molecule has 2 aromatic carbocycles. The molecule has 0 spiro atoms. The van der Waals surface area contributed by atoms with Gasteiger partial charge >= 0.3 is 0 Å². The predicted molar refractivity (Wildman–Crippen MR) is 115 cm³/mol. The second kappa shape index (κ2) is 8.35. The number of nitrogens with one attached hydrogen (secondary N) is 1. The zero-order valence-corrected chi connectivity index (χ0v) is 18.3. The summed E-state index contributed by atoms with van der Waals surface area (Å²) in [6.07, 6.45) is 1.11. The Bertz CT molecular complexity index is 912. The zero-order valence-electron chi connectivity index (χ0n) is 17.5. The summed E-state index contributed by atoms with van der Waals surface area (Å²) in [5.41, 5.74) is 3.76. The summed E-state index contributed by atoms with van der Waals surface area (Å²) in [5, 5.41) is 2.89. The van der Waals surface area contributed by atoms with Crippen LogP contribution < -0.4 is 9.62 Å². The molecule has 1 atom stereocenters. The summed E-state index contributed by atoms with van der Waals surface area (Å²) in [6.45, 7) is 10.0. The molecule has 152 valence electrons. The number of sulfonamides is 1. The molecule has 0 radical (unpaired) electrons. The lowest BCUT2D eigenvalue weighted by Crippen LogP contribution is -2.41. The Morgan fingerprint density at radius 1 is 1.04 bits per heavy atom. The van der Waals surface area contributed by atoms with Crippen molar-refractivity contribution < 1.29 is 13.2 Å². The lowest BCUT2D eigenvalue weighted by Gasteiger charge is -2.24. The number of aryl methyl sites for hydroxylation is 1. The molecule has 0 bridgehead atoms. The molecule has 2 aromatic rings. The van der Waals surface area contributed by atoms with Gasteiger partial charge < -0.3 is 5.32 Å². The SMILES string of the molecule is Cc1ccc(N(CC(=O)N[C@@H](C)c2ccc(C(C)(C)C)cc2)S(C)(=O)=O)cc1. The molecule has 6 heteroatoms. The van der Waals surface area contributed by atoms with Crippen LogP contribution in [-0.4, -0.2) is 27.1 Å². The van der Waals surface area contributed by atoms with Crippen molar-refractivity contribution in [3.63, 3.8) is 0 Å². The largest absolute Gasteiger partial charge is 0.348 e. The molecule has 0 saturated heterocycles. The van der Waals surface area contributed by atoms with E-state index in [1.54, 1.807) is 12.1 Å². The molecule has 2 rings (SSSR count). The number of hydrogen-bond donors (Lipinski definition) is 1. The molecule has 0 fully saturated rings. The van der Waals surface area contributed by atoms with E-state index in [1.807, 2.05) is 38.1 Å². The van der Waals surface area contributed by atoms with E-state index in [4.69, 9.17) is 0 Å². The topological polar surface area (TPSA) is 66.5 Å². The third-order valence-electron chi connectivity index (χ3n) is 4.66. The third-order valence-corrected chi connectivity index (χ3v) is 5.80. The van der Waals surface area contributed by atoms with Gasteiger partial charge in [0.2, 0.25) is 15.9 Å². The Labute approximate surface area is 168 Å². The van der Waals surface area contributed by atoms with E-state index in [0.717, 1.165) is 21.7 Å². The minimum absolute atomic E-state index is 0.0645. The number of nitrogens with zero attached hydrogens (tertiary/aromatic N) is 1. The number of carbonyl (C=O) groups is 1. The maximum atomic E-state index is 12.5. The first kappa shape index (κ1) is 22.0. The molecule has 0 unspecified atom stereocenters. The van der Waals surface area contributed by atoms with Gasteiger partial charge in [-0.1, -0.05) is 62.7 Å². The van der Waals surface area contributed by atoms with Crippen LogP contribution in [0.5, 0.6) is 0 Å². The standard InChI is InChI=1S/C22H30N2O3S/c1-16-7-13-20(14-8-16)24(28(6,26)27)15-21(25)23-17(2)18-9-11-19(12-10-18)22(3,4)5/h7-14,17H,15H2,1-6H3,(H,23,25)/t17-/m0/s1. The smallest absolute Gasteiger partial charge is 0.241 e. The van der Waals surface area contributed by atoms with Gasteiger partial charge in [-0.15, -0.1) is 0 Å². The molecule has 0 aliphatic carbocycles. The van der Waals surface area contributed by atoms with Crippen molar-refractivity contribution in [2.24, 2.45) is 0 Å². The van der Waals surface area contributed by atoms with Gasteiger partial charge in [0, 0.05) is 0 Å². The van der Waals surface area contributed by atoms with Crippen LogP contribution in [0.3, 0.4) is 0 Å². The Hall–Kier alpha value is -2.34. The fourth-order valence-corrected chi connectivity index (χ4v) is 3.74. The van der Waals surface area contributed by atoms with Crippen molar-refractivity contribution in [2.45, 2.75) is 46.1 Å². The summed E-state index contributed by atoms with van der Waals surface area (Å²) < 4.78 is 25.5. The summed E-state index contributed by atoms with van der Waals surface area (Å²) in [7, 11) is -3.58. The van der Waals surface area contributed by atoms with Crippen LogP contribution in [0, 0.1) is 6.92 Å². The first-order valence-electron chi connectivity index (χ1n) is 9.32. The van der Waals surface area contributed by atoms with Crippen molar-refractivity contribution in [3.8, 4) is 0 Å². The van der Waals surface area contributed by atoms with Gasteiger partial charge in [0.05, 0.1) is 18.0 Å². The van der Waals surface area contributed by atoms with Crippen LogP contribution in [0.25, 0.3) is 0 Å². The molecule has 5 nitrogen and oxygen atoms in total. The van der Waals surface area contributed by atoms with E-state index >= 15 is 0 Å². The summed E-state index contributed by atoms with van der Waals surface area (Å²) in [6, 6.07) is 15.0. The van der Waals surface area contributed by atoms with Gasteiger partial charge in [-0.25, -0.2) is 8.42 Å². The molecule has 28 heavy (non-hydrogen) atoms. The van der Waals surface area contributed by atoms with E-state index < -0.39 is 10.0 Å². The van der Waals surface area contributed by atoms with Gasteiger partial charge in [-0.3, -0.25) is 9.10 Å². The number of benzene rings is 2. The number of hydrogen-bond acceptors (Lipinski definition) is 3. The van der Waals surface area contributed by atoms with Crippen molar-refractivity contribution in [1.29, 1.82) is 0 Å². The summed E-state index contributed by atoms with van der Waals surface area (Å²) in [5.74, 6) is -0.349. The van der Waals surface area contributed by atoms with Crippen LogP contribution in [0.15, 0.2) is 48.5 Å². The van der Waals surface area contributed by atoms with Crippen molar-refractivity contribution in [2.75, 3.05) is 17.1 Å². The maximum Gasteiger partial charge on any atom is 0.241 e.